The number of fused-ring (bicyclic) bond motifs is 1. The van der Waals surface area contributed by atoms with Crippen LogP contribution >= 0.6 is 11.8 Å². The molecule has 4 aromatic rings. The Labute approximate surface area is 195 Å². The van der Waals surface area contributed by atoms with Crippen molar-refractivity contribution in [1.29, 1.82) is 0 Å². The Balaban J connectivity index is 1.51. The SMILES string of the molecule is Cn1nnnc1SCc1c(O[C@@H](Cc2ncc[nH]2)c2ccccc2)ccc2c1CCCC2=O. The van der Waals surface area contributed by atoms with E-state index in [0.29, 0.717) is 18.6 Å². The van der Waals surface area contributed by atoms with Crippen LogP contribution in [0.2, 0.25) is 0 Å². The van der Waals surface area contributed by atoms with E-state index in [-0.39, 0.29) is 11.9 Å². The molecule has 0 fully saturated rings. The number of hydrogen-bond acceptors (Lipinski definition) is 7. The van der Waals surface area contributed by atoms with Gasteiger partial charge in [-0.3, -0.25) is 4.79 Å². The maximum Gasteiger partial charge on any atom is 0.209 e. The summed E-state index contributed by atoms with van der Waals surface area (Å²) in [5.41, 5.74) is 3.99. The molecule has 33 heavy (non-hydrogen) atoms. The first kappa shape index (κ1) is 21.4. The van der Waals surface area contributed by atoms with Gasteiger partial charge in [-0.15, -0.1) is 5.10 Å². The van der Waals surface area contributed by atoms with Crippen molar-refractivity contribution in [2.45, 2.75) is 42.7 Å². The number of carbonyl (C=O) groups is 1. The van der Waals surface area contributed by atoms with Gasteiger partial charge in [0.1, 0.15) is 17.7 Å². The zero-order chi connectivity index (χ0) is 22.6. The number of nitrogens with zero attached hydrogens (tertiary/aromatic N) is 5. The molecule has 0 saturated heterocycles. The quantitative estimate of drug-likeness (QED) is 0.395. The Bertz CT molecular complexity index is 1240. The molecule has 0 spiro atoms. The van der Waals surface area contributed by atoms with Crippen LogP contribution < -0.4 is 4.74 Å². The van der Waals surface area contributed by atoms with E-state index in [4.69, 9.17) is 4.74 Å². The van der Waals surface area contributed by atoms with Crippen molar-refractivity contribution in [2.75, 3.05) is 0 Å². The van der Waals surface area contributed by atoms with Gasteiger partial charge in [-0.1, -0.05) is 42.1 Å². The number of ether oxygens (including phenoxy) is 1. The molecule has 0 radical (unpaired) electrons. The summed E-state index contributed by atoms with van der Waals surface area (Å²) >= 11 is 1.54. The molecule has 0 amide bonds. The first-order valence-corrected chi connectivity index (χ1v) is 11.9. The van der Waals surface area contributed by atoms with Crippen LogP contribution in [0.3, 0.4) is 0 Å². The van der Waals surface area contributed by atoms with Gasteiger partial charge in [-0.25, -0.2) is 9.67 Å². The number of hydrogen-bond donors (Lipinski definition) is 1. The number of nitrogens with one attached hydrogen (secondary N) is 1. The number of aromatic amines is 1. The molecule has 8 nitrogen and oxygen atoms in total. The van der Waals surface area contributed by atoms with Crippen molar-refractivity contribution in [3.63, 3.8) is 0 Å². The van der Waals surface area contributed by atoms with Crippen LogP contribution in [0.15, 0.2) is 60.0 Å². The largest absolute Gasteiger partial charge is 0.485 e. The van der Waals surface area contributed by atoms with Crippen molar-refractivity contribution in [2.24, 2.45) is 7.05 Å². The van der Waals surface area contributed by atoms with Gasteiger partial charge in [0.15, 0.2) is 5.78 Å². The summed E-state index contributed by atoms with van der Waals surface area (Å²) in [6.45, 7) is 0. The van der Waals surface area contributed by atoms with Gasteiger partial charge in [0.2, 0.25) is 5.16 Å². The van der Waals surface area contributed by atoms with Crippen LogP contribution in [0, 0.1) is 0 Å². The van der Waals surface area contributed by atoms with Gasteiger partial charge >= 0.3 is 0 Å². The second-order valence-electron chi connectivity index (χ2n) is 7.98. The number of tetrazole rings is 1. The summed E-state index contributed by atoms with van der Waals surface area (Å²) in [5, 5.41) is 12.5. The molecule has 0 unspecified atom stereocenters. The van der Waals surface area contributed by atoms with E-state index in [1.54, 1.807) is 22.6 Å². The Morgan fingerprint density at radius 3 is 2.82 bits per heavy atom. The van der Waals surface area contributed by atoms with Gasteiger partial charge in [-0.05, 0) is 46.5 Å². The van der Waals surface area contributed by atoms with Crippen molar-refractivity contribution < 1.29 is 9.53 Å². The van der Waals surface area contributed by atoms with Gasteiger partial charge in [0.05, 0.1) is 0 Å². The van der Waals surface area contributed by atoms with Crippen LogP contribution in [0.4, 0.5) is 0 Å². The molecule has 9 heteroatoms. The van der Waals surface area contributed by atoms with E-state index < -0.39 is 0 Å². The molecule has 1 aliphatic carbocycles. The van der Waals surface area contributed by atoms with Gasteiger partial charge < -0.3 is 9.72 Å². The Morgan fingerprint density at radius 1 is 1.18 bits per heavy atom. The molecule has 2 heterocycles. The predicted octanol–water partition coefficient (Wildman–Crippen LogP) is 4.11. The molecule has 0 aliphatic heterocycles. The highest BCUT2D eigenvalue weighted by Crippen LogP contribution is 2.37. The zero-order valence-electron chi connectivity index (χ0n) is 18.3. The topological polar surface area (TPSA) is 98.6 Å². The number of Topliss-reactive ketones (excluding diaryl/α,β-unsaturated/α-hetero) is 1. The maximum absolute atomic E-state index is 12.6. The minimum absolute atomic E-state index is 0.199. The lowest BCUT2D eigenvalue weighted by Crippen LogP contribution is -2.17. The molecular formula is C24H24N6O2S. The fraction of sp³-hybridized carbons (Fsp3) is 0.292. The second kappa shape index (κ2) is 9.58. The van der Waals surface area contributed by atoms with Crippen LogP contribution in [0.25, 0.3) is 0 Å². The number of thioether (sulfide) groups is 1. The minimum Gasteiger partial charge on any atom is -0.485 e. The van der Waals surface area contributed by atoms with Crippen LogP contribution in [0.1, 0.15) is 51.8 Å². The number of aryl methyl sites for hydroxylation is 1. The summed E-state index contributed by atoms with van der Waals surface area (Å²) in [6, 6.07) is 14.0. The third kappa shape index (κ3) is 4.68. The molecule has 5 rings (SSSR count). The zero-order valence-corrected chi connectivity index (χ0v) is 19.1. The van der Waals surface area contributed by atoms with E-state index >= 15 is 0 Å². The van der Waals surface area contributed by atoms with Crippen LogP contribution in [-0.4, -0.2) is 36.0 Å². The molecule has 0 saturated carbocycles. The van der Waals surface area contributed by atoms with Crippen molar-refractivity contribution >= 4 is 17.5 Å². The molecule has 168 valence electrons. The Kier molecular flexibility index (Phi) is 6.21. The van der Waals surface area contributed by atoms with E-state index in [9.17, 15) is 4.79 Å². The third-order valence-electron chi connectivity index (χ3n) is 5.82. The number of imidazole rings is 1. The highest BCUT2D eigenvalue weighted by molar-refractivity contribution is 7.98. The predicted molar refractivity (Wildman–Crippen MR) is 124 cm³/mol. The standard InChI is InChI=1S/C24H24N6O2S/c1-30-24(27-28-29-30)33-15-19-17-8-5-9-20(31)18(17)10-11-21(19)32-22(14-23-25-12-13-26-23)16-6-3-2-4-7-16/h2-4,6-7,10-13,22H,5,8-9,14-15H2,1H3,(H,25,26)/t22-/m0/s1. The normalized spacial score (nSPS) is 14.2. The lowest BCUT2D eigenvalue weighted by Gasteiger charge is -2.25. The molecule has 2 aromatic carbocycles. The fourth-order valence-electron chi connectivity index (χ4n) is 4.16. The van der Waals surface area contributed by atoms with Crippen molar-refractivity contribution in [1.82, 2.24) is 30.2 Å². The molecule has 1 atom stereocenters. The van der Waals surface area contributed by atoms with E-state index in [1.807, 2.05) is 43.6 Å². The third-order valence-corrected chi connectivity index (χ3v) is 6.86. The van der Waals surface area contributed by atoms with E-state index in [1.165, 1.54) is 0 Å². The second-order valence-corrected chi connectivity index (χ2v) is 8.92. The molecular weight excluding hydrogens is 436 g/mol. The first-order valence-electron chi connectivity index (χ1n) is 10.9. The Morgan fingerprint density at radius 2 is 2.06 bits per heavy atom. The average Bonchev–Trinajstić information content (AvgIpc) is 3.50. The van der Waals surface area contributed by atoms with Crippen molar-refractivity contribution in [3.05, 3.63) is 82.9 Å². The number of aromatic nitrogens is 6. The number of benzene rings is 2. The van der Waals surface area contributed by atoms with E-state index in [2.05, 4.69) is 37.6 Å². The van der Waals surface area contributed by atoms with Crippen molar-refractivity contribution in [3.8, 4) is 5.75 Å². The fourth-order valence-corrected chi connectivity index (χ4v) is 5.07. The number of ketones is 1. The lowest BCUT2D eigenvalue weighted by atomic mass is 9.87. The summed E-state index contributed by atoms with van der Waals surface area (Å²) in [5.74, 6) is 2.46. The number of rotatable bonds is 8. The van der Waals surface area contributed by atoms with E-state index in [0.717, 1.165) is 51.8 Å². The average molecular weight is 461 g/mol. The van der Waals surface area contributed by atoms with Gasteiger partial charge in [0.25, 0.3) is 0 Å². The molecule has 1 N–H and O–H groups in total. The van der Waals surface area contributed by atoms with Gasteiger partial charge in [-0.2, -0.15) is 0 Å². The Hall–Kier alpha value is -3.46. The van der Waals surface area contributed by atoms with Crippen LogP contribution in [0.5, 0.6) is 5.75 Å². The monoisotopic (exact) mass is 460 g/mol. The highest BCUT2D eigenvalue weighted by atomic mass is 32.2. The maximum atomic E-state index is 12.6. The summed E-state index contributed by atoms with van der Waals surface area (Å²) in [6.07, 6.45) is 6.25. The summed E-state index contributed by atoms with van der Waals surface area (Å²) < 4.78 is 8.31. The molecule has 0 bridgehead atoms. The molecule has 1 aliphatic rings. The lowest BCUT2D eigenvalue weighted by molar-refractivity contribution is 0.0972. The number of carbonyl (C=O) groups excluding carboxylic acids is 1. The minimum atomic E-state index is -0.227. The summed E-state index contributed by atoms with van der Waals surface area (Å²) in [7, 11) is 1.82. The molecule has 2 aromatic heterocycles. The smallest absolute Gasteiger partial charge is 0.209 e. The highest BCUT2D eigenvalue weighted by Gasteiger charge is 2.25. The van der Waals surface area contributed by atoms with Gasteiger partial charge in [0, 0.05) is 49.2 Å². The summed E-state index contributed by atoms with van der Waals surface area (Å²) in [4.78, 5) is 20.2. The number of H-pyrrole nitrogens is 1. The van der Waals surface area contributed by atoms with Crippen LogP contribution in [-0.2, 0) is 25.6 Å². The first-order chi connectivity index (χ1) is 16.2.